The van der Waals surface area contributed by atoms with Gasteiger partial charge < -0.3 is 10.2 Å². The average Bonchev–Trinajstić information content (AvgIpc) is 0.820. The summed E-state index contributed by atoms with van der Waals surface area (Å²) in [5.41, 5.74) is 10.1. The second kappa shape index (κ2) is 77.1. The largest absolute Gasteiger partial charge is 2.00 e. The molecule has 0 atom stereocenters. The van der Waals surface area contributed by atoms with Crippen molar-refractivity contribution in [1.29, 1.82) is 0 Å². The van der Waals surface area contributed by atoms with Crippen LogP contribution in [0.15, 0.2) is 101 Å². The van der Waals surface area contributed by atoms with Gasteiger partial charge in [0, 0.05) is 0 Å². The third kappa shape index (κ3) is 58.0. The van der Waals surface area contributed by atoms with Crippen LogP contribution >= 0.6 is 0 Å². The number of para-hydroxylation sites is 2. The molecule has 3 aromatic rings. The molecule has 3 rings (SSSR count). The zero-order valence-electron chi connectivity index (χ0n) is 70.6. The first kappa shape index (κ1) is 99.3. The fourth-order valence-corrected chi connectivity index (χ4v) is 15.1. The number of rotatable bonds is 73. The van der Waals surface area contributed by atoms with E-state index < -0.39 is 0 Å². The first-order valence-corrected chi connectivity index (χ1v) is 46.1. The van der Waals surface area contributed by atoms with Crippen LogP contribution in [-0.2, 0) is 42.2 Å². The van der Waals surface area contributed by atoms with E-state index in [2.05, 4.69) is 127 Å². The molecule has 0 radical (unpaired) electrons. The van der Waals surface area contributed by atoms with Crippen LogP contribution in [0, 0.1) is 6.92 Å². The Morgan fingerprint density at radius 1 is 0.295 bits per heavy atom. The van der Waals surface area contributed by atoms with Crippen LogP contribution in [0.5, 0.6) is 11.5 Å². The minimum atomic E-state index is -0.342. The maximum atomic E-state index is 11.7. The van der Waals surface area contributed by atoms with E-state index in [4.69, 9.17) is 9.98 Å². The Morgan fingerprint density at radius 3 is 0.943 bits per heavy atom. The molecule has 4 nitrogen and oxygen atoms in total. The first-order valence-electron chi connectivity index (χ1n) is 46.1. The molecule has 0 amide bonds. The van der Waals surface area contributed by atoms with Crippen molar-refractivity contribution in [3.05, 3.63) is 119 Å². The SMILES string of the molecule is CCCCCCC/C=C/C(=N/c1ccccc1CC/C=C/CCCCCCCCCCCCCCCCCCC)C(/CCCCCCCCCCCCCCCC)=N/c1ccccc1CC/C=C/CCCCCCCCCCCCCCCCCCC.CCCCCc1c(CCC)cc([O-])c([O-])c1C.[Ni+2]. The Kier molecular flexibility index (Phi) is 72.9. The van der Waals surface area contributed by atoms with Gasteiger partial charge in [0.25, 0.3) is 0 Å². The molecule has 5 heteroatoms. The van der Waals surface area contributed by atoms with Gasteiger partial charge in [-0.3, -0.25) is 4.99 Å². The molecular formula is C100H170N2NiO2. The molecule has 0 spiro atoms. The fourth-order valence-electron chi connectivity index (χ4n) is 15.1. The van der Waals surface area contributed by atoms with Crippen LogP contribution in [-0.4, -0.2) is 11.4 Å². The van der Waals surface area contributed by atoms with Crippen molar-refractivity contribution in [2.45, 2.75) is 479 Å². The van der Waals surface area contributed by atoms with E-state index in [1.54, 1.807) is 13.0 Å². The molecular weight excluding hydrogens is 1320 g/mol. The Balaban J connectivity index is 0.00000267. The van der Waals surface area contributed by atoms with Crippen LogP contribution < -0.4 is 10.2 Å². The first-order chi connectivity index (χ1) is 51.3. The predicted molar refractivity (Wildman–Crippen MR) is 464 cm³/mol. The van der Waals surface area contributed by atoms with E-state index in [0.29, 0.717) is 5.56 Å². The monoisotopic (exact) mass is 1490 g/mol. The van der Waals surface area contributed by atoms with Gasteiger partial charge in [-0.1, -0.05) is 454 Å². The fraction of sp³-hybridized carbons (Fsp3) is 0.740. The molecule has 602 valence electrons. The molecule has 0 aliphatic carbocycles. The quantitative estimate of drug-likeness (QED) is 0.0245. The maximum absolute atomic E-state index is 11.7. The minimum Gasteiger partial charge on any atom is -0.873 e. The zero-order valence-corrected chi connectivity index (χ0v) is 71.6. The van der Waals surface area contributed by atoms with Crippen molar-refractivity contribution < 1.29 is 26.7 Å². The van der Waals surface area contributed by atoms with Crippen LogP contribution in [0.25, 0.3) is 0 Å². The molecule has 0 fully saturated rings. The normalized spacial score (nSPS) is 12.0. The van der Waals surface area contributed by atoms with Gasteiger partial charge in [0.15, 0.2) is 0 Å². The second-order valence-electron chi connectivity index (χ2n) is 31.8. The van der Waals surface area contributed by atoms with Gasteiger partial charge in [0.1, 0.15) is 0 Å². The standard InChI is InChI=1S/C85H148N2.C15H24O2.Ni/c1-5-9-13-17-21-24-27-30-33-35-37-39-41-43-45-47-50-53-57-60-64-72-80-74-68-70-76-82(80)86-84(78-66-62-56-20-16-12-8-4)85(79-67-63-59-55-52-49-32-29-26-23-19-15-11-7-3)87-83-77-71-69-75-81(83)73-65-61-58-54-51-48-46-44-42-40-38-36-34-31-28-25-22-18-14-10-6-2;1-4-6-7-9-13-11(3)15(17)14(16)10-12(13)8-5-2;/h57-58,60-61,66,68-71,74-78H,5-56,59,62-65,67,72-73,79H2,1-4H3;10,16-17H,4-9H2,1-3H3;/q;;+2/p-2/b60-57+,61-58+,78-66+,86-84-,87-85+;;. The van der Waals surface area contributed by atoms with Crippen molar-refractivity contribution in [2.75, 3.05) is 0 Å². The number of benzene rings is 3. The molecule has 0 bridgehead atoms. The molecule has 0 aliphatic heterocycles. The predicted octanol–water partition coefficient (Wildman–Crippen LogP) is 33.2. The van der Waals surface area contributed by atoms with E-state index in [0.717, 1.165) is 98.8 Å². The molecule has 0 aromatic heterocycles. The van der Waals surface area contributed by atoms with Crippen molar-refractivity contribution >= 4 is 22.8 Å². The van der Waals surface area contributed by atoms with Gasteiger partial charge in [-0.2, -0.15) is 0 Å². The Labute approximate surface area is 664 Å². The summed E-state index contributed by atoms with van der Waals surface area (Å²) < 4.78 is 0. The van der Waals surface area contributed by atoms with Crippen molar-refractivity contribution in [3.63, 3.8) is 0 Å². The van der Waals surface area contributed by atoms with Gasteiger partial charge in [0.05, 0.1) is 22.8 Å². The zero-order chi connectivity index (χ0) is 74.7. The van der Waals surface area contributed by atoms with Gasteiger partial charge in [-0.05, 0) is 144 Å². The molecule has 0 saturated carbocycles. The second-order valence-corrected chi connectivity index (χ2v) is 31.8. The van der Waals surface area contributed by atoms with E-state index in [1.807, 2.05) is 0 Å². The summed E-state index contributed by atoms with van der Waals surface area (Å²) in [5.74, 6) is -0.651. The van der Waals surface area contributed by atoms with E-state index in [9.17, 15) is 10.2 Å². The van der Waals surface area contributed by atoms with E-state index >= 15 is 0 Å². The van der Waals surface area contributed by atoms with Crippen LogP contribution in [0.2, 0.25) is 0 Å². The van der Waals surface area contributed by atoms with Crippen molar-refractivity contribution in [1.82, 2.24) is 0 Å². The minimum absolute atomic E-state index is 0. The summed E-state index contributed by atoms with van der Waals surface area (Å²) in [5, 5.41) is 23.2. The number of aliphatic imine (C=N–C) groups is 2. The molecule has 0 saturated heterocycles. The summed E-state index contributed by atoms with van der Waals surface area (Å²) in [6.07, 6.45) is 104. The number of unbranched alkanes of at least 4 members (excludes halogenated alkanes) is 54. The van der Waals surface area contributed by atoms with Crippen molar-refractivity contribution in [3.8, 4) is 11.5 Å². The van der Waals surface area contributed by atoms with Gasteiger partial charge in [-0.25, -0.2) is 4.99 Å². The summed E-state index contributed by atoms with van der Waals surface area (Å²) in [4.78, 5) is 11.3. The summed E-state index contributed by atoms with van der Waals surface area (Å²) in [6.45, 7) is 15.3. The van der Waals surface area contributed by atoms with Crippen LogP contribution in [0.4, 0.5) is 11.4 Å². The maximum Gasteiger partial charge on any atom is 2.00 e. The number of hydrogen-bond acceptors (Lipinski definition) is 4. The number of nitrogens with zero attached hydrogens (tertiary/aromatic N) is 2. The van der Waals surface area contributed by atoms with Gasteiger partial charge in [0.2, 0.25) is 0 Å². The molecule has 0 unspecified atom stereocenters. The molecule has 0 N–H and O–H groups in total. The Hall–Kier alpha value is -3.69. The topological polar surface area (TPSA) is 70.8 Å². The third-order valence-corrected chi connectivity index (χ3v) is 22.0. The van der Waals surface area contributed by atoms with Crippen LogP contribution in [0.3, 0.4) is 0 Å². The third-order valence-electron chi connectivity index (χ3n) is 22.0. The summed E-state index contributed by atoms with van der Waals surface area (Å²) in [7, 11) is 0. The Morgan fingerprint density at radius 2 is 0.590 bits per heavy atom. The van der Waals surface area contributed by atoms with E-state index in [1.165, 1.54) is 376 Å². The van der Waals surface area contributed by atoms with Crippen LogP contribution in [0.1, 0.15) is 474 Å². The Bertz CT molecular complexity index is 2520. The molecule has 3 aromatic carbocycles. The van der Waals surface area contributed by atoms with Crippen molar-refractivity contribution in [2.24, 2.45) is 9.98 Å². The molecule has 0 heterocycles. The summed E-state index contributed by atoms with van der Waals surface area (Å²) >= 11 is 0. The smallest absolute Gasteiger partial charge is 0.873 e. The van der Waals surface area contributed by atoms with Gasteiger partial charge in [-0.15, -0.1) is 11.5 Å². The molecule has 0 aliphatic rings. The van der Waals surface area contributed by atoms with Gasteiger partial charge >= 0.3 is 16.5 Å². The average molecular weight is 1490 g/mol. The number of hydrogen-bond donors (Lipinski definition) is 0. The number of aryl methyl sites for hydroxylation is 3. The van der Waals surface area contributed by atoms with E-state index in [-0.39, 0.29) is 28.0 Å². The molecule has 105 heavy (non-hydrogen) atoms. The summed E-state index contributed by atoms with van der Waals surface area (Å²) in [6, 6.07) is 19.6. The number of allylic oxidation sites excluding steroid dienone is 6.